The number of nitrogens with one attached hydrogen (secondary N) is 2. The van der Waals surface area contributed by atoms with Gasteiger partial charge in [0.15, 0.2) is 0 Å². The van der Waals surface area contributed by atoms with Gasteiger partial charge in [0.25, 0.3) is 5.91 Å². The van der Waals surface area contributed by atoms with E-state index in [2.05, 4.69) is 27.7 Å². The number of rotatable bonds is 7. The number of para-hydroxylation sites is 1. The Morgan fingerprint density at radius 2 is 1.59 bits per heavy atom. The molecule has 0 saturated carbocycles. The highest BCUT2D eigenvalue weighted by molar-refractivity contribution is 6.30. The summed E-state index contributed by atoms with van der Waals surface area (Å²) >= 11 is 6.09. The van der Waals surface area contributed by atoms with E-state index in [-0.39, 0.29) is 17.7 Å². The summed E-state index contributed by atoms with van der Waals surface area (Å²) in [4.78, 5) is 45.6. The first-order valence-corrected chi connectivity index (χ1v) is 14.4. The van der Waals surface area contributed by atoms with Crippen LogP contribution in [0.25, 0.3) is 0 Å². The van der Waals surface area contributed by atoms with Crippen LogP contribution in [-0.2, 0) is 29.0 Å². The molecule has 5 rings (SSSR count). The molecular weight excluding hydrogens is 538 g/mol. The van der Waals surface area contributed by atoms with Crippen LogP contribution in [-0.4, -0.2) is 79.9 Å². The third-order valence-electron chi connectivity index (χ3n) is 7.84. The van der Waals surface area contributed by atoms with Gasteiger partial charge in [-0.2, -0.15) is 0 Å². The van der Waals surface area contributed by atoms with Crippen LogP contribution in [0.4, 0.5) is 5.69 Å². The Labute approximate surface area is 246 Å². The topological polar surface area (TPSA) is 85.0 Å². The molecule has 41 heavy (non-hydrogen) atoms. The lowest BCUT2D eigenvalue weighted by molar-refractivity contribution is -0.137. The molecular formula is C32H36ClN5O3. The first-order valence-electron chi connectivity index (χ1n) is 14.0. The first kappa shape index (κ1) is 28.6. The molecule has 214 valence electrons. The zero-order chi connectivity index (χ0) is 28.9. The van der Waals surface area contributed by atoms with E-state index < -0.39 is 12.1 Å². The summed E-state index contributed by atoms with van der Waals surface area (Å²) in [5, 5.41) is 7.01. The Kier molecular flexibility index (Phi) is 8.90. The van der Waals surface area contributed by atoms with Gasteiger partial charge < -0.3 is 25.3 Å². The number of nitrogens with zero attached hydrogens (tertiary/aromatic N) is 3. The quantitative estimate of drug-likeness (QED) is 0.454. The van der Waals surface area contributed by atoms with E-state index >= 15 is 0 Å². The maximum Gasteiger partial charge on any atom is 0.255 e. The molecule has 0 bridgehead atoms. The second-order valence-corrected chi connectivity index (χ2v) is 11.3. The van der Waals surface area contributed by atoms with Gasteiger partial charge in [-0.1, -0.05) is 60.1 Å². The van der Waals surface area contributed by atoms with Crippen LogP contribution in [0.5, 0.6) is 0 Å². The van der Waals surface area contributed by atoms with Gasteiger partial charge in [-0.3, -0.25) is 14.4 Å². The Morgan fingerprint density at radius 1 is 0.927 bits per heavy atom. The molecule has 0 aliphatic carbocycles. The van der Waals surface area contributed by atoms with Crippen molar-refractivity contribution in [3.8, 4) is 0 Å². The monoisotopic (exact) mass is 573 g/mol. The summed E-state index contributed by atoms with van der Waals surface area (Å²) in [6, 6.07) is 21.9. The van der Waals surface area contributed by atoms with E-state index in [1.165, 1.54) is 5.56 Å². The number of benzene rings is 3. The van der Waals surface area contributed by atoms with Gasteiger partial charge >= 0.3 is 0 Å². The number of anilines is 1. The number of halogens is 1. The second kappa shape index (κ2) is 12.7. The van der Waals surface area contributed by atoms with Crippen molar-refractivity contribution in [1.82, 2.24) is 20.4 Å². The second-order valence-electron chi connectivity index (χ2n) is 10.8. The van der Waals surface area contributed by atoms with Crippen LogP contribution in [0.3, 0.4) is 0 Å². The van der Waals surface area contributed by atoms with E-state index in [1.54, 1.807) is 31.1 Å². The third-order valence-corrected chi connectivity index (χ3v) is 8.09. The molecule has 2 heterocycles. The molecule has 2 aliphatic heterocycles. The number of hydrogen-bond acceptors (Lipinski definition) is 5. The largest absolute Gasteiger partial charge is 0.367 e. The maximum absolute atomic E-state index is 13.9. The maximum atomic E-state index is 13.9. The summed E-state index contributed by atoms with van der Waals surface area (Å²) in [5.41, 5.74) is 4.78. The van der Waals surface area contributed by atoms with Gasteiger partial charge in [-0.25, -0.2) is 0 Å². The van der Waals surface area contributed by atoms with E-state index in [0.29, 0.717) is 56.2 Å². The van der Waals surface area contributed by atoms with Gasteiger partial charge in [0, 0.05) is 63.9 Å². The minimum Gasteiger partial charge on any atom is -0.367 e. The molecule has 1 saturated heterocycles. The molecule has 2 N–H and O–H groups in total. The minimum atomic E-state index is -0.711. The molecule has 1 fully saturated rings. The van der Waals surface area contributed by atoms with Crippen LogP contribution in [0, 0.1) is 0 Å². The zero-order valence-electron chi connectivity index (χ0n) is 23.5. The SMILES string of the molecule is CN(C)C(=O)c1ccccc1N1CCN(C(=O)C(Cc2ccc(Cl)cc2)NC(=O)C2Cc3ccccc3CN2)CC1. The molecule has 9 heteroatoms. The lowest BCUT2D eigenvalue weighted by Gasteiger charge is -2.38. The summed E-state index contributed by atoms with van der Waals surface area (Å²) in [5.74, 6) is -0.341. The molecule has 3 amide bonds. The Hall–Kier alpha value is -3.88. The van der Waals surface area contributed by atoms with Crippen molar-refractivity contribution in [2.45, 2.75) is 31.5 Å². The number of carbonyl (C=O) groups is 3. The number of carbonyl (C=O) groups excluding carboxylic acids is 3. The molecule has 2 atom stereocenters. The predicted octanol–water partition coefficient (Wildman–Crippen LogP) is 3.13. The average molecular weight is 574 g/mol. The number of piperazine rings is 1. The molecule has 0 spiro atoms. The Balaban J connectivity index is 1.28. The van der Waals surface area contributed by atoms with Crippen LogP contribution in [0.2, 0.25) is 5.02 Å². The van der Waals surface area contributed by atoms with Gasteiger partial charge in [0.05, 0.1) is 11.6 Å². The van der Waals surface area contributed by atoms with Crippen molar-refractivity contribution in [1.29, 1.82) is 0 Å². The van der Waals surface area contributed by atoms with Crippen molar-refractivity contribution >= 4 is 35.0 Å². The zero-order valence-corrected chi connectivity index (χ0v) is 24.2. The average Bonchev–Trinajstić information content (AvgIpc) is 3.00. The van der Waals surface area contributed by atoms with Crippen molar-refractivity contribution in [3.63, 3.8) is 0 Å². The van der Waals surface area contributed by atoms with Crippen molar-refractivity contribution < 1.29 is 14.4 Å². The van der Waals surface area contributed by atoms with E-state index in [4.69, 9.17) is 11.6 Å². The lowest BCUT2D eigenvalue weighted by atomic mass is 9.95. The lowest BCUT2D eigenvalue weighted by Crippen LogP contribution is -2.58. The summed E-state index contributed by atoms with van der Waals surface area (Å²) < 4.78 is 0. The molecule has 0 radical (unpaired) electrons. The van der Waals surface area contributed by atoms with Crippen molar-refractivity contribution in [2.24, 2.45) is 0 Å². The van der Waals surface area contributed by atoms with Crippen LogP contribution < -0.4 is 15.5 Å². The fraction of sp³-hybridized carbons (Fsp3) is 0.344. The summed E-state index contributed by atoms with van der Waals surface area (Å²) in [6.07, 6.45) is 0.943. The van der Waals surface area contributed by atoms with Gasteiger partial charge in [0.2, 0.25) is 11.8 Å². The Morgan fingerprint density at radius 3 is 2.29 bits per heavy atom. The summed E-state index contributed by atoms with van der Waals surface area (Å²) in [6.45, 7) is 2.78. The Bertz CT molecular complexity index is 1400. The highest BCUT2D eigenvalue weighted by atomic mass is 35.5. The van der Waals surface area contributed by atoms with Crippen molar-refractivity contribution in [3.05, 3.63) is 100 Å². The number of hydrogen-bond donors (Lipinski definition) is 2. The molecule has 2 aliphatic rings. The predicted molar refractivity (Wildman–Crippen MR) is 161 cm³/mol. The third kappa shape index (κ3) is 6.72. The minimum absolute atomic E-state index is 0.0520. The fourth-order valence-electron chi connectivity index (χ4n) is 5.53. The molecule has 0 aromatic heterocycles. The molecule has 3 aromatic rings. The van der Waals surface area contributed by atoms with Crippen molar-refractivity contribution in [2.75, 3.05) is 45.2 Å². The number of fused-ring (bicyclic) bond motifs is 1. The van der Waals surface area contributed by atoms with Crippen LogP contribution >= 0.6 is 11.6 Å². The number of amides is 3. The normalized spacial score (nSPS) is 17.4. The standard InChI is InChI=1S/C32H36ClN5O3/c1-36(2)31(40)26-9-5-6-10-29(26)37-15-17-38(18-16-37)32(41)28(19-22-11-13-25(33)14-12-22)35-30(39)27-20-23-7-3-4-8-24(23)21-34-27/h3-14,27-28,34H,15-21H2,1-2H3,(H,35,39). The van der Waals surface area contributed by atoms with Crippen LogP contribution in [0.1, 0.15) is 27.0 Å². The van der Waals surface area contributed by atoms with Gasteiger partial charge in [-0.05, 0) is 47.4 Å². The molecule has 8 nitrogen and oxygen atoms in total. The van der Waals surface area contributed by atoms with Gasteiger partial charge in [-0.15, -0.1) is 0 Å². The van der Waals surface area contributed by atoms with Crippen LogP contribution in [0.15, 0.2) is 72.8 Å². The van der Waals surface area contributed by atoms with E-state index in [1.807, 2.05) is 53.4 Å². The van der Waals surface area contributed by atoms with E-state index in [9.17, 15) is 14.4 Å². The van der Waals surface area contributed by atoms with Gasteiger partial charge in [0.1, 0.15) is 6.04 Å². The fourth-order valence-corrected chi connectivity index (χ4v) is 5.65. The molecule has 2 unspecified atom stereocenters. The van der Waals surface area contributed by atoms with E-state index in [0.717, 1.165) is 16.8 Å². The highest BCUT2D eigenvalue weighted by Gasteiger charge is 2.32. The first-order chi connectivity index (χ1) is 19.8. The smallest absolute Gasteiger partial charge is 0.255 e. The highest BCUT2D eigenvalue weighted by Crippen LogP contribution is 2.24. The summed E-state index contributed by atoms with van der Waals surface area (Å²) in [7, 11) is 3.48. The molecule has 3 aromatic carbocycles.